The van der Waals surface area contributed by atoms with Crippen molar-refractivity contribution in [3.8, 4) is 0 Å². The van der Waals surface area contributed by atoms with E-state index in [1.54, 1.807) is 0 Å². The number of carbonyl (C=O) groups is 2. The highest BCUT2D eigenvalue weighted by Crippen LogP contribution is 2.68. The molecule has 4 fully saturated rings. The fourth-order valence-electron chi connectivity index (χ4n) is 8.79. The first-order chi connectivity index (χ1) is 13.7. The van der Waals surface area contributed by atoms with Gasteiger partial charge < -0.3 is 0 Å². The fraction of sp³-hybridized carbons (Fsp3) is 0.926. The van der Waals surface area contributed by atoms with Crippen molar-refractivity contribution >= 4 is 11.6 Å². The Kier molecular flexibility index (Phi) is 5.79. The predicted octanol–water partition coefficient (Wildman–Crippen LogP) is 6.86. The molecule has 0 aromatic heterocycles. The third kappa shape index (κ3) is 3.55. The molecule has 0 aromatic carbocycles. The van der Waals surface area contributed by atoms with E-state index >= 15 is 0 Å². The molecule has 8 atom stereocenters. The van der Waals surface area contributed by atoms with Crippen LogP contribution in [0.4, 0.5) is 0 Å². The lowest BCUT2D eigenvalue weighted by Gasteiger charge is -2.60. The van der Waals surface area contributed by atoms with E-state index < -0.39 is 0 Å². The topological polar surface area (TPSA) is 34.1 Å². The zero-order chi connectivity index (χ0) is 21.0. The van der Waals surface area contributed by atoms with Gasteiger partial charge in [0.15, 0.2) is 0 Å². The zero-order valence-corrected chi connectivity index (χ0v) is 19.6. The van der Waals surface area contributed by atoms with Gasteiger partial charge in [-0.15, -0.1) is 0 Å². The van der Waals surface area contributed by atoms with E-state index in [1.807, 2.05) is 0 Å². The van der Waals surface area contributed by atoms with Crippen LogP contribution in [0.25, 0.3) is 0 Å². The smallest absolute Gasteiger partial charge is 0.136 e. The predicted molar refractivity (Wildman–Crippen MR) is 118 cm³/mol. The van der Waals surface area contributed by atoms with Crippen molar-refractivity contribution in [3.63, 3.8) is 0 Å². The van der Waals surface area contributed by atoms with Crippen molar-refractivity contribution in [2.45, 2.75) is 105 Å². The van der Waals surface area contributed by atoms with Gasteiger partial charge in [0.05, 0.1) is 0 Å². The second kappa shape index (κ2) is 7.79. The van der Waals surface area contributed by atoms with Crippen molar-refractivity contribution in [1.82, 2.24) is 0 Å². The quantitative estimate of drug-likeness (QED) is 0.505. The maximum atomic E-state index is 13.0. The first-order valence-electron chi connectivity index (χ1n) is 12.7. The molecule has 4 saturated carbocycles. The summed E-state index contributed by atoms with van der Waals surface area (Å²) in [7, 11) is 0. The number of rotatable bonds is 5. The maximum absolute atomic E-state index is 13.0. The van der Waals surface area contributed by atoms with Crippen molar-refractivity contribution in [3.05, 3.63) is 0 Å². The molecule has 0 bridgehead atoms. The van der Waals surface area contributed by atoms with Crippen LogP contribution in [-0.4, -0.2) is 11.6 Å². The Morgan fingerprint density at radius 2 is 1.69 bits per heavy atom. The lowest BCUT2D eigenvalue weighted by atomic mass is 9.44. The normalized spacial score (nSPS) is 45.4. The summed E-state index contributed by atoms with van der Waals surface area (Å²) in [6.07, 6.45) is 12.5. The van der Waals surface area contributed by atoms with Crippen LogP contribution in [0.15, 0.2) is 0 Å². The van der Waals surface area contributed by atoms with Crippen LogP contribution in [0.5, 0.6) is 0 Å². The van der Waals surface area contributed by atoms with Gasteiger partial charge >= 0.3 is 0 Å². The van der Waals surface area contributed by atoms with Gasteiger partial charge in [-0.05, 0) is 97.7 Å². The summed E-state index contributed by atoms with van der Waals surface area (Å²) in [6, 6.07) is 0. The molecule has 0 heterocycles. The maximum Gasteiger partial charge on any atom is 0.136 e. The Balaban J connectivity index is 1.50. The van der Waals surface area contributed by atoms with Gasteiger partial charge in [-0.3, -0.25) is 9.59 Å². The van der Waals surface area contributed by atoms with E-state index in [0.717, 1.165) is 49.9 Å². The van der Waals surface area contributed by atoms with Gasteiger partial charge in [-0.1, -0.05) is 34.6 Å². The second-order valence-corrected chi connectivity index (χ2v) is 12.3. The Bertz CT molecular complexity index is 651. The first kappa shape index (κ1) is 21.6. The van der Waals surface area contributed by atoms with E-state index in [2.05, 4.69) is 34.6 Å². The average molecular weight is 401 g/mol. The van der Waals surface area contributed by atoms with Crippen molar-refractivity contribution in [2.24, 2.45) is 52.3 Å². The highest BCUT2D eigenvalue weighted by atomic mass is 16.1. The summed E-state index contributed by atoms with van der Waals surface area (Å²) in [4.78, 5) is 25.1. The van der Waals surface area contributed by atoms with Crippen LogP contribution in [0, 0.1) is 52.3 Å². The van der Waals surface area contributed by atoms with Crippen LogP contribution < -0.4 is 0 Å². The average Bonchev–Trinajstić information content (AvgIpc) is 3.03. The Morgan fingerprint density at radius 3 is 2.41 bits per heavy atom. The summed E-state index contributed by atoms with van der Waals surface area (Å²) < 4.78 is 0. The molecule has 2 nitrogen and oxygen atoms in total. The standard InChI is InChI=1S/C27H44O2/c1-17(2)6-11-25(29)18(3)22-9-10-23-21-8-7-19-16-20(28)12-14-26(19,4)24(21)13-15-27(22,23)5/h17-19,21-24H,6-16H2,1-5H3/t18-,19?,21?,22-,23+,24+,26+,27-/m1/s1. The minimum atomic E-state index is 0.236. The molecule has 29 heavy (non-hydrogen) atoms. The number of Topliss-reactive ketones (excluding diaryl/α,β-unsaturated/α-hetero) is 2. The molecule has 0 aromatic rings. The van der Waals surface area contributed by atoms with Gasteiger partial charge in [0.2, 0.25) is 0 Å². The molecule has 2 heteroatoms. The van der Waals surface area contributed by atoms with Crippen molar-refractivity contribution in [1.29, 1.82) is 0 Å². The monoisotopic (exact) mass is 400 g/mol. The molecular formula is C27H44O2. The second-order valence-electron chi connectivity index (χ2n) is 12.3. The molecular weight excluding hydrogens is 356 g/mol. The van der Waals surface area contributed by atoms with Gasteiger partial charge in [-0.25, -0.2) is 0 Å². The summed E-state index contributed by atoms with van der Waals surface area (Å²) in [5.74, 6) is 5.59. The number of hydrogen-bond acceptors (Lipinski definition) is 2. The van der Waals surface area contributed by atoms with E-state index in [4.69, 9.17) is 0 Å². The zero-order valence-electron chi connectivity index (χ0n) is 19.6. The Hall–Kier alpha value is -0.660. The molecule has 4 rings (SSSR count). The first-order valence-corrected chi connectivity index (χ1v) is 12.7. The molecule has 4 aliphatic carbocycles. The number of fused-ring (bicyclic) bond motifs is 5. The van der Waals surface area contributed by atoms with E-state index in [0.29, 0.717) is 40.2 Å². The molecule has 4 aliphatic rings. The summed E-state index contributed by atoms with van der Waals surface area (Å²) >= 11 is 0. The van der Waals surface area contributed by atoms with Gasteiger partial charge in [-0.2, -0.15) is 0 Å². The minimum absolute atomic E-state index is 0.236. The third-order valence-electron chi connectivity index (χ3n) is 10.6. The highest BCUT2D eigenvalue weighted by Gasteiger charge is 2.60. The summed E-state index contributed by atoms with van der Waals surface area (Å²) in [6.45, 7) is 11.8. The fourth-order valence-corrected chi connectivity index (χ4v) is 8.79. The lowest BCUT2D eigenvalue weighted by molar-refractivity contribution is -0.141. The summed E-state index contributed by atoms with van der Waals surface area (Å²) in [5.41, 5.74) is 0.761. The minimum Gasteiger partial charge on any atom is -0.300 e. The van der Waals surface area contributed by atoms with Crippen molar-refractivity contribution in [2.75, 3.05) is 0 Å². The molecule has 0 aliphatic heterocycles. The van der Waals surface area contributed by atoms with Crippen LogP contribution >= 0.6 is 0 Å². The van der Waals surface area contributed by atoms with Crippen LogP contribution in [0.1, 0.15) is 105 Å². The van der Waals surface area contributed by atoms with Gasteiger partial charge in [0.1, 0.15) is 11.6 Å². The van der Waals surface area contributed by atoms with Crippen molar-refractivity contribution < 1.29 is 9.59 Å². The Labute approximate surface area is 179 Å². The van der Waals surface area contributed by atoms with Crippen LogP contribution in [0.2, 0.25) is 0 Å². The largest absolute Gasteiger partial charge is 0.300 e. The molecule has 0 amide bonds. The van der Waals surface area contributed by atoms with Gasteiger partial charge in [0, 0.05) is 25.2 Å². The van der Waals surface area contributed by atoms with Gasteiger partial charge in [0.25, 0.3) is 0 Å². The van der Waals surface area contributed by atoms with Crippen LogP contribution in [-0.2, 0) is 9.59 Å². The number of carbonyl (C=O) groups excluding carboxylic acids is 2. The lowest BCUT2D eigenvalue weighted by Crippen LogP contribution is -2.54. The molecule has 0 saturated heterocycles. The molecule has 2 unspecified atom stereocenters. The van der Waals surface area contributed by atoms with Crippen LogP contribution in [0.3, 0.4) is 0 Å². The SMILES string of the molecule is CC(C)CCC(=O)[C@H](C)[C@H]1CC[C@H]2C3CCC4CC(=O)CC[C@]4(C)[C@H]3CC[C@]12C. The highest BCUT2D eigenvalue weighted by molar-refractivity contribution is 5.81. The Morgan fingerprint density at radius 1 is 0.966 bits per heavy atom. The number of ketones is 2. The third-order valence-corrected chi connectivity index (χ3v) is 10.6. The summed E-state index contributed by atoms with van der Waals surface area (Å²) in [5, 5.41) is 0. The molecule has 0 N–H and O–H groups in total. The number of hydrogen-bond donors (Lipinski definition) is 0. The van der Waals surface area contributed by atoms with E-state index in [9.17, 15) is 9.59 Å². The van der Waals surface area contributed by atoms with E-state index in [1.165, 1.54) is 38.5 Å². The molecule has 0 radical (unpaired) electrons. The van der Waals surface area contributed by atoms with E-state index in [-0.39, 0.29) is 5.92 Å². The molecule has 0 spiro atoms. The molecule has 164 valence electrons.